The number of allylic oxidation sites excluding steroid dienone is 12. The second-order valence-electron chi connectivity index (χ2n) is 17.4. The second kappa shape index (κ2) is 51.5. The number of hydrogen-bond acceptors (Lipinski definition) is 6. The molecule has 0 amide bonds. The number of hydrogen-bond donors (Lipinski definition) is 0. The van der Waals surface area contributed by atoms with E-state index in [-0.39, 0.29) is 31.1 Å². The van der Waals surface area contributed by atoms with Gasteiger partial charge in [-0.2, -0.15) is 0 Å². The smallest absolute Gasteiger partial charge is 0.306 e. The molecular formula is C57H98O6. The van der Waals surface area contributed by atoms with Crippen LogP contribution in [0.5, 0.6) is 0 Å². The Morgan fingerprint density at radius 1 is 0.333 bits per heavy atom. The van der Waals surface area contributed by atoms with Gasteiger partial charge in [-0.15, -0.1) is 0 Å². The molecule has 0 aromatic rings. The van der Waals surface area contributed by atoms with Gasteiger partial charge in [0.2, 0.25) is 0 Å². The maximum atomic E-state index is 12.8. The van der Waals surface area contributed by atoms with Crippen LogP contribution in [-0.2, 0) is 28.6 Å². The zero-order chi connectivity index (χ0) is 45.8. The summed E-state index contributed by atoms with van der Waals surface area (Å²) in [6.07, 6.45) is 64.5. The molecule has 0 aliphatic rings. The number of unbranched alkanes of at least 4 members (excludes halogenated alkanes) is 24. The molecule has 0 bridgehead atoms. The molecule has 0 aliphatic carbocycles. The van der Waals surface area contributed by atoms with E-state index in [0.29, 0.717) is 19.3 Å². The molecule has 362 valence electrons. The van der Waals surface area contributed by atoms with Crippen molar-refractivity contribution >= 4 is 17.9 Å². The first-order chi connectivity index (χ1) is 31.0. The topological polar surface area (TPSA) is 78.9 Å². The Hall–Kier alpha value is -3.15. The average molecular weight is 879 g/mol. The fourth-order valence-electron chi connectivity index (χ4n) is 7.24. The molecule has 6 nitrogen and oxygen atoms in total. The summed E-state index contributed by atoms with van der Waals surface area (Å²) in [5, 5.41) is 0. The van der Waals surface area contributed by atoms with E-state index in [1.807, 2.05) is 0 Å². The minimum atomic E-state index is -0.789. The molecular weight excluding hydrogens is 781 g/mol. The predicted octanol–water partition coefficient (Wildman–Crippen LogP) is 17.4. The fraction of sp³-hybridized carbons (Fsp3) is 0.737. The van der Waals surface area contributed by atoms with Crippen LogP contribution in [0.15, 0.2) is 72.9 Å². The number of carbonyl (C=O) groups excluding carboxylic acids is 3. The minimum Gasteiger partial charge on any atom is -0.462 e. The Kier molecular flexibility index (Phi) is 48.9. The van der Waals surface area contributed by atoms with Crippen molar-refractivity contribution in [2.45, 2.75) is 258 Å². The SMILES string of the molecule is CC/C=C\C/C=C\C/C=C\C/C=C\CCCCCCC(=O)OCC(COC(=O)CCCCCCC/C=C\C/C=C\CCC)OC(=O)CCCCCCCCCCCCCCCCC. The van der Waals surface area contributed by atoms with Crippen LogP contribution >= 0.6 is 0 Å². The molecule has 63 heavy (non-hydrogen) atoms. The fourth-order valence-corrected chi connectivity index (χ4v) is 7.24. The lowest BCUT2D eigenvalue weighted by atomic mass is 10.0. The summed E-state index contributed by atoms with van der Waals surface area (Å²) >= 11 is 0. The maximum absolute atomic E-state index is 12.8. The Morgan fingerprint density at radius 2 is 0.651 bits per heavy atom. The van der Waals surface area contributed by atoms with Gasteiger partial charge in [0.15, 0.2) is 6.10 Å². The monoisotopic (exact) mass is 879 g/mol. The van der Waals surface area contributed by atoms with Crippen molar-refractivity contribution in [2.24, 2.45) is 0 Å². The molecule has 0 aromatic carbocycles. The van der Waals surface area contributed by atoms with Gasteiger partial charge in [0.25, 0.3) is 0 Å². The largest absolute Gasteiger partial charge is 0.462 e. The summed E-state index contributed by atoms with van der Waals surface area (Å²) in [4.78, 5) is 38.0. The van der Waals surface area contributed by atoms with Gasteiger partial charge < -0.3 is 14.2 Å². The van der Waals surface area contributed by atoms with E-state index >= 15 is 0 Å². The lowest BCUT2D eigenvalue weighted by molar-refractivity contribution is -0.167. The first kappa shape index (κ1) is 59.9. The van der Waals surface area contributed by atoms with E-state index in [1.165, 1.54) is 83.5 Å². The molecule has 0 saturated carbocycles. The number of carbonyl (C=O) groups is 3. The number of rotatable bonds is 47. The van der Waals surface area contributed by atoms with E-state index in [9.17, 15) is 14.4 Å². The van der Waals surface area contributed by atoms with Gasteiger partial charge in [0, 0.05) is 19.3 Å². The normalized spacial score (nSPS) is 12.6. The molecule has 0 saturated heterocycles. The highest BCUT2D eigenvalue weighted by molar-refractivity contribution is 5.71. The van der Waals surface area contributed by atoms with Crippen LogP contribution in [0, 0.1) is 0 Å². The maximum Gasteiger partial charge on any atom is 0.306 e. The standard InChI is InChI=1S/C57H98O6/c1-4-7-10-13-16-19-22-25-27-28-30-32-35-38-41-44-47-50-56(59)62-53-54(52-61-55(58)49-46-43-40-37-34-31-24-21-18-15-12-9-6-3)63-57(60)51-48-45-42-39-36-33-29-26-23-20-17-14-11-8-5-2/h7,10,12,15-16,19,21,24-25,27,30,32,54H,4-6,8-9,11,13-14,17-18,20,22-23,26,28-29,31,33-53H2,1-3H3/b10-7-,15-12-,19-16-,24-21-,27-25-,32-30-. The second-order valence-corrected chi connectivity index (χ2v) is 17.4. The molecule has 0 aliphatic heterocycles. The van der Waals surface area contributed by atoms with Crippen LogP contribution in [0.2, 0.25) is 0 Å². The van der Waals surface area contributed by atoms with Crippen molar-refractivity contribution in [1.82, 2.24) is 0 Å². The van der Waals surface area contributed by atoms with Crippen molar-refractivity contribution in [1.29, 1.82) is 0 Å². The van der Waals surface area contributed by atoms with Gasteiger partial charge in [-0.25, -0.2) is 0 Å². The van der Waals surface area contributed by atoms with E-state index in [2.05, 4.69) is 93.7 Å². The summed E-state index contributed by atoms with van der Waals surface area (Å²) in [7, 11) is 0. The van der Waals surface area contributed by atoms with E-state index in [1.54, 1.807) is 0 Å². The van der Waals surface area contributed by atoms with Gasteiger partial charge in [-0.1, -0.05) is 222 Å². The Balaban J connectivity index is 4.43. The van der Waals surface area contributed by atoms with Gasteiger partial charge >= 0.3 is 17.9 Å². The highest BCUT2D eigenvalue weighted by Crippen LogP contribution is 2.15. The molecule has 0 spiro atoms. The van der Waals surface area contributed by atoms with Crippen molar-refractivity contribution in [3.63, 3.8) is 0 Å². The van der Waals surface area contributed by atoms with E-state index < -0.39 is 6.10 Å². The van der Waals surface area contributed by atoms with Crippen molar-refractivity contribution in [2.75, 3.05) is 13.2 Å². The Labute approximate surface area is 389 Å². The van der Waals surface area contributed by atoms with Crippen molar-refractivity contribution in [3.8, 4) is 0 Å². The van der Waals surface area contributed by atoms with Gasteiger partial charge in [0.1, 0.15) is 13.2 Å². The van der Waals surface area contributed by atoms with Crippen molar-refractivity contribution in [3.05, 3.63) is 72.9 Å². The number of esters is 3. The average Bonchev–Trinajstić information content (AvgIpc) is 3.28. The van der Waals surface area contributed by atoms with Crippen LogP contribution in [0.4, 0.5) is 0 Å². The zero-order valence-electron chi connectivity index (χ0n) is 41.3. The lowest BCUT2D eigenvalue weighted by Gasteiger charge is -2.18. The molecule has 0 fully saturated rings. The van der Waals surface area contributed by atoms with Gasteiger partial charge in [-0.3, -0.25) is 14.4 Å². The minimum absolute atomic E-state index is 0.0893. The molecule has 6 heteroatoms. The first-order valence-electron chi connectivity index (χ1n) is 26.4. The summed E-state index contributed by atoms with van der Waals surface area (Å²) in [5.74, 6) is -0.921. The van der Waals surface area contributed by atoms with Crippen LogP contribution in [0.25, 0.3) is 0 Å². The van der Waals surface area contributed by atoms with Crippen LogP contribution in [0.1, 0.15) is 252 Å². The Morgan fingerprint density at radius 3 is 1.03 bits per heavy atom. The third kappa shape index (κ3) is 49.7. The molecule has 1 unspecified atom stereocenters. The predicted molar refractivity (Wildman–Crippen MR) is 270 cm³/mol. The summed E-state index contributed by atoms with van der Waals surface area (Å²) < 4.78 is 16.8. The first-order valence-corrected chi connectivity index (χ1v) is 26.4. The molecule has 0 heterocycles. The zero-order valence-corrected chi connectivity index (χ0v) is 41.3. The molecule has 0 aromatic heterocycles. The Bertz CT molecular complexity index is 1190. The van der Waals surface area contributed by atoms with Crippen LogP contribution in [-0.4, -0.2) is 37.2 Å². The van der Waals surface area contributed by atoms with Crippen molar-refractivity contribution < 1.29 is 28.6 Å². The van der Waals surface area contributed by atoms with Gasteiger partial charge in [0.05, 0.1) is 0 Å². The summed E-state index contributed by atoms with van der Waals surface area (Å²) in [5.41, 5.74) is 0. The third-order valence-corrected chi connectivity index (χ3v) is 11.2. The lowest BCUT2D eigenvalue weighted by Crippen LogP contribution is -2.30. The van der Waals surface area contributed by atoms with Crippen LogP contribution < -0.4 is 0 Å². The number of ether oxygens (including phenoxy) is 3. The van der Waals surface area contributed by atoms with E-state index in [0.717, 1.165) is 128 Å². The summed E-state index contributed by atoms with van der Waals surface area (Å²) in [6.45, 7) is 6.44. The van der Waals surface area contributed by atoms with Crippen LogP contribution in [0.3, 0.4) is 0 Å². The summed E-state index contributed by atoms with van der Waals surface area (Å²) in [6, 6.07) is 0. The highest BCUT2D eigenvalue weighted by atomic mass is 16.6. The molecule has 0 N–H and O–H groups in total. The molecule has 0 rings (SSSR count). The molecule has 0 radical (unpaired) electrons. The van der Waals surface area contributed by atoms with E-state index in [4.69, 9.17) is 14.2 Å². The quantitative estimate of drug-likeness (QED) is 0.0262. The third-order valence-electron chi connectivity index (χ3n) is 11.2. The molecule has 1 atom stereocenters. The van der Waals surface area contributed by atoms with Gasteiger partial charge in [-0.05, 0) is 83.5 Å². The highest BCUT2D eigenvalue weighted by Gasteiger charge is 2.19.